The molecule has 3 heteroatoms. The first kappa shape index (κ1) is 10.7. The number of piperidine rings is 1. The highest BCUT2D eigenvalue weighted by molar-refractivity contribution is 7.11. The SMILES string of the molecule is CCc1cnc(C2CC3CCC(C2)N3C)s1. The maximum Gasteiger partial charge on any atom is 0.0959 e. The van der Waals surface area contributed by atoms with Crippen LogP contribution in [0, 0.1) is 0 Å². The van der Waals surface area contributed by atoms with E-state index in [2.05, 4.69) is 30.1 Å². The number of nitrogens with zero attached hydrogens (tertiary/aromatic N) is 2. The molecule has 2 fully saturated rings. The number of fused-ring (bicyclic) bond motifs is 2. The Morgan fingerprint density at radius 2 is 2.06 bits per heavy atom. The van der Waals surface area contributed by atoms with E-state index in [1.54, 1.807) is 0 Å². The average Bonchev–Trinajstić information content (AvgIpc) is 2.82. The maximum atomic E-state index is 4.63. The van der Waals surface area contributed by atoms with Crippen molar-refractivity contribution in [2.45, 2.75) is 57.0 Å². The van der Waals surface area contributed by atoms with Gasteiger partial charge in [0.1, 0.15) is 0 Å². The molecule has 2 unspecified atom stereocenters. The van der Waals surface area contributed by atoms with Crippen LogP contribution in [0.2, 0.25) is 0 Å². The van der Waals surface area contributed by atoms with E-state index in [1.807, 2.05) is 11.3 Å². The van der Waals surface area contributed by atoms with Gasteiger partial charge in [0.05, 0.1) is 5.01 Å². The molecule has 0 aliphatic carbocycles. The van der Waals surface area contributed by atoms with Gasteiger partial charge >= 0.3 is 0 Å². The normalized spacial score (nSPS) is 34.5. The molecule has 1 aromatic rings. The molecule has 88 valence electrons. The minimum Gasteiger partial charge on any atom is -0.300 e. The van der Waals surface area contributed by atoms with E-state index in [0.29, 0.717) is 0 Å². The van der Waals surface area contributed by atoms with E-state index in [1.165, 1.54) is 35.6 Å². The highest BCUT2D eigenvalue weighted by atomic mass is 32.1. The van der Waals surface area contributed by atoms with Crippen LogP contribution in [0.5, 0.6) is 0 Å². The molecule has 1 aromatic heterocycles. The summed E-state index contributed by atoms with van der Waals surface area (Å²) in [6.07, 6.45) is 8.71. The lowest BCUT2D eigenvalue weighted by Crippen LogP contribution is -2.39. The molecule has 2 aliphatic rings. The number of thiazole rings is 1. The average molecular weight is 236 g/mol. The summed E-state index contributed by atoms with van der Waals surface area (Å²) >= 11 is 1.94. The van der Waals surface area contributed by atoms with Gasteiger partial charge in [0.25, 0.3) is 0 Å². The maximum absolute atomic E-state index is 4.63. The van der Waals surface area contributed by atoms with Crippen LogP contribution in [0.25, 0.3) is 0 Å². The van der Waals surface area contributed by atoms with Crippen LogP contribution < -0.4 is 0 Å². The summed E-state index contributed by atoms with van der Waals surface area (Å²) in [6, 6.07) is 1.66. The Morgan fingerprint density at radius 3 is 2.62 bits per heavy atom. The van der Waals surface area contributed by atoms with Crippen molar-refractivity contribution < 1.29 is 0 Å². The van der Waals surface area contributed by atoms with Gasteiger partial charge in [-0.05, 0) is 39.2 Å². The van der Waals surface area contributed by atoms with Crippen LogP contribution in [0.15, 0.2) is 6.20 Å². The second kappa shape index (κ2) is 4.11. The van der Waals surface area contributed by atoms with E-state index in [-0.39, 0.29) is 0 Å². The van der Waals surface area contributed by atoms with E-state index in [4.69, 9.17) is 0 Å². The fourth-order valence-corrected chi connectivity index (χ4v) is 4.27. The summed E-state index contributed by atoms with van der Waals surface area (Å²) in [7, 11) is 2.30. The summed E-state index contributed by atoms with van der Waals surface area (Å²) in [5.74, 6) is 0.749. The molecule has 0 N–H and O–H groups in total. The third-order valence-corrected chi connectivity index (χ3v) is 5.67. The highest BCUT2D eigenvalue weighted by Crippen LogP contribution is 2.42. The van der Waals surface area contributed by atoms with Gasteiger partial charge < -0.3 is 4.90 Å². The van der Waals surface area contributed by atoms with Crippen molar-refractivity contribution >= 4 is 11.3 Å². The van der Waals surface area contributed by atoms with Crippen LogP contribution >= 0.6 is 11.3 Å². The zero-order chi connectivity index (χ0) is 11.1. The summed E-state index contributed by atoms with van der Waals surface area (Å²) in [5, 5.41) is 1.40. The highest BCUT2D eigenvalue weighted by Gasteiger charge is 2.39. The fourth-order valence-electron chi connectivity index (χ4n) is 3.29. The first-order valence-electron chi connectivity index (χ1n) is 6.44. The van der Waals surface area contributed by atoms with Crippen molar-refractivity contribution in [3.8, 4) is 0 Å². The van der Waals surface area contributed by atoms with Gasteiger partial charge in [0.15, 0.2) is 0 Å². The van der Waals surface area contributed by atoms with Gasteiger partial charge in [-0.15, -0.1) is 11.3 Å². The van der Waals surface area contributed by atoms with E-state index >= 15 is 0 Å². The number of aryl methyl sites for hydroxylation is 1. The van der Waals surface area contributed by atoms with Gasteiger partial charge in [-0.3, -0.25) is 0 Å². The van der Waals surface area contributed by atoms with Crippen molar-refractivity contribution in [1.82, 2.24) is 9.88 Å². The Bertz CT molecular complexity index is 360. The topological polar surface area (TPSA) is 16.1 Å². The van der Waals surface area contributed by atoms with Crippen LogP contribution in [-0.2, 0) is 6.42 Å². The molecule has 16 heavy (non-hydrogen) atoms. The van der Waals surface area contributed by atoms with E-state index in [9.17, 15) is 0 Å². The molecule has 0 saturated carbocycles. The summed E-state index contributed by atoms with van der Waals surface area (Å²) in [6.45, 7) is 2.22. The number of aromatic nitrogens is 1. The molecule has 2 saturated heterocycles. The van der Waals surface area contributed by atoms with Gasteiger partial charge in [0.2, 0.25) is 0 Å². The first-order valence-corrected chi connectivity index (χ1v) is 7.26. The molecular formula is C13H20N2S. The zero-order valence-corrected chi connectivity index (χ0v) is 11.0. The molecule has 0 amide bonds. The molecule has 2 nitrogen and oxygen atoms in total. The van der Waals surface area contributed by atoms with Crippen molar-refractivity contribution in [2.75, 3.05) is 7.05 Å². The smallest absolute Gasteiger partial charge is 0.0959 e. The van der Waals surface area contributed by atoms with Gasteiger partial charge in [-0.1, -0.05) is 6.92 Å². The van der Waals surface area contributed by atoms with E-state index in [0.717, 1.165) is 24.4 Å². The van der Waals surface area contributed by atoms with Gasteiger partial charge in [-0.2, -0.15) is 0 Å². The second-order valence-corrected chi connectivity index (χ2v) is 6.38. The predicted molar refractivity (Wildman–Crippen MR) is 68.0 cm³/mol. The summed E-state index contributed by atoms with van der Waals surface area (Å²) < 4.78 is 0. The van der Waals surface area contributed by atoms with E-state index < -0.39 is 0 Å². The lowest BCUT2D eigenvalue weighted by atomic mass is 9.92. The molecule has 3 rings (SSSR count). The standard InChI is InChI=1S/C13H20N2S/c1-3-12-8-14-13(16-12)9-6-10-4-5-11(7-9)15(10)2/h8-11H,3-7H2,1-2H3. The predicted octanol–water partition coefficient (Wildman–Crippen LogP) is 3.05. The third-order valence-electron chi connectivity index (χ3n) is 4.37. The van der Waals surface area contributed by atoms with Crippen LogP contribution in [0.1, 0.15) is 48.4 Å². The van der Waals surface area contributed by atoms with Gasteiger partial charge in [-0.25, -0.2) is 4.98 Å². The molecule has 2 atom stereocenters. The minimum atomic E-state index is 0.749. The Kier molecular flexibility index (Phi) is 2.76. The monoisotopic (exact) mass is 236 g/mol. The van der Waals surface area contributed by atoms with Crippen molar-refractivity contribution in [1.29, 1.82) is 0 Å². The van der Waals surface area contributed by atoms with Crippen LogP contribution in [-0.4, -0.2) is 29.0 Å². The first-order chi connectivity index (χ1) is 7.78. The van der Waals surface area contributed by atoms with Crippen molar-refractivity contribution in [2.24, 2.45) is 0 Å². The Morgan fingerprint density at radius 1 is 1.38 bits per heavy atom. The molecule has 2 aliphatic heterocycles. The number of hydrogen-bond acceptors (Lipinski definition) is 3. The Labute approximate surface area is 102 Å². The second-order valence-electron chi connectivity index (χ2n) is 5.24. The third kappa shape index (κ3) is 1.70. The molecule has 0 radical (unpaired) electrons. The number of hydrogen-bond donors (Lipinski definition) is 0. The van der Waals surface area contributed by atoms with Crippen molar-refractivity contribution in [3.05, 3.63) is 16.1 Å². The molecule has 3 heterocycles. The Balaban J connectivity index is 1.77. The minimum absolute atomic E-state index is 0.749. The van der Waals surface area contributed by atoms with Crippen LogP contribution in [0.4, 0.5) is 0 Å². The molecule has 0 spiro atoms. The lowest BCUT2D eigenvalue weighted by molar-refractivity contribution is 0.161. The molecular weight excluding hydrogens is 216 g/mol. The largest absolute Gasteiger partial charge is 0.300 e. The van der Waals surface area contributed by atoms with Gasteiger partial charge in [0, 0.05) is 29.1 Å². The number of rotatable bonds is 2. The fraction of sp³-hybridized carbons (Fsp3) is 0.769. The quantitative estimate of drug-likeness (QED) is 0.784. The van der Waals surface area contributed by atoms with Crippen LogP contribution in [0.3, 0.4) is 0 Å². The lowest BCUT2D eigenvalue weighted by Gasteiger charge is -2.35. The molecule has 2 bridgehead atoms. The molecule has 0 aromatic carbocycles. The Hall–Kier alpha value is -0.410. The zero-order valence-electron chi connectivity index (χ0n) is 10.1. The summed E-state index contributed by atoms with van der Waals surface area (Å²) in [4.78, 5) is 8.68. The van der Waals surface area contributed by atoms with Crippen molar-refractivity contribution in [3.63, 3.8) is 0 Å². The summed E-state index contributed by atoms with van der Waals surface area (Å²) in [5.41, 5.74) is 0.